The number of rotatable bonds is 5. The molecule has 1 aliphatic carbocycles. The predicted octanol–water partition coefficient (Wildman–Crippen LogP) is 2.03. The fraction of sp³-hybridized carbons (Fsp3) is 0.500. The molecular weight excluding hydrogens is 268 g/mol. The second-order valence-electron chi connectivity index (χ2n) is 5.62. The summed E-state index contributed by atoms with van der Waals surface area (Å²) in [5, 5.41) is 2.88. The molecule has 0 radical (unpaired) electrons. The Kier molecular flexibility index (Phi) is 3.82. The second-order valence-corrected chi connectivity index (χ2v) is 5.62. The average Bonchev–Trinajstić information content (AvgIpc) is 3.24. The molecule has 0 bridgehead atoms. The Balaban J connectivity index is 1.57. The molecule has 0 aromatic heterocycles. The van der Waals surface area contributed by atoms with Gasteiger partial charge in [0.1, 0.15) is 5.75 Å². The first-order valence-electron chi connectivity index (χ1n) is 7.50. The van der Waals surface area contributed by atoms with E-state index in [-0.39, 0.29) is 17.7 Å². The van der Waals surface area contributed by atoms with E-state index in [9.17, 15) is 9.59 Å². The molecule has 1 aromatic rings. The molecule has 1 N–H and O–H groups in total. The maximum atomic E-state index is 12.2. The Morgan fingerprint density at radius 1 is 1.33 bits per heavy atom. The molecule has 1 heterocycles. The number of ether oxygens (including phenoxy) is 1. The molecule has 1 saturated heterocycles. The molecule has 112 valence electrons. The zero-order valence-corrected chi connectivity index (χ0v) is 12.2. The third-order valence-corrected chi connectivity index (χ3v) is 3.95. The Bertz CT molecular complexity index is 537. The maximum absolute atomic E-state index is 12.2. The van der Waals surface area contributed by atoms with Crippen LogP contribution in [0.3, 0.4) is 0 Å². The van der Waals surface area contributed by atoms with Gasteiger partial charge in [-0.2, -0.15) is 0 Å². The highest BCUT2D eigenvalue weighted by Crippen LogP contribution is 2.33. The van der Waals surface area contributed by atoms with Crippen molar-refractivity contribution in [3.8, 4) is 5.75 Å². The van der Waals surface area contributed by atoms with E-state index >= 15 is 0 Å². The Hall–Kier alpha value is -2.04. The summed E-state index contributed by atoms with van der Waals surface area (Å²) in [7, 11) is 0. The predicted molar refractivity (Wildman–Crippen MR) is 79.1 cm³/mol. The van der Waals surface area contributed by atoms with Crippen LogP contribution >= 0.6 is 0 Å². The first kappa shape index (κ1) is 13.9. The number of nitrogens with zero attached hydrogens (tertiary/aromatic N) is 1. The fourth-order valence-electron chi connectivity index (χ4n) is 2.69. The summed E-state index contributed by atoms with van der Waals surface area (Å²) in [6.45, 7) is 3.11. The summed E-state index contributed by atoms with van der Waals surface area (Å²) >= 11 is 0. The molecule has 5 heteroatoms. The van der Waals surface area contributed by atoms with Gasteiger partial charge in [-0.15, -0.1) is 0 Å². The monoisotopic (exact) mass is 288 g/mol. The lowest BCUT2D eigenvalue weighted by atomic mass is 10.1. The standard InChI is InChI=1S/C16H20N2O3/c1-2-21-14-7-3-12(4-8-14)17-16(20)11-9-15(19)18(10-11)13-5-6-13/h3-4,7-8,11,13H,2,5-6,9-10H2,1H3,(H,17,20). The maximum Gasteiger partial charge on any atom is 0.229 e. The van der Waals surface area contributed by atoms with Crippen LogP contribution in [0.15, 0.2) is 24.3 Å². The van der Waals surface area contributed by atoms with Crippen molar-refractivity contribution < 1.29 is 14.3 Å². The van der Waals surface area contributed by atoms with Gasteiger partial charge >= 0.3 is 0 Å². The molecule has 1 aliphatic heterocycles. The van der Waals surface area contributed by atoms with Gasteiger partial charge in [-0.1, -0.05) is 0 Å². The summed E-state index contributed by atoms with van der Waals surface area (Å²) < 4.78 is 5.36. The molecule has 2 fully saturated rings. The van der Waals surface area contributed by atoms with Gasteiger partial charge in [-0.05, 0) is 44.0 Å². The Morgan fingerprint density at radius 2 is 2.05 bits per heavy atom. The molecule has 2 aliphatic rings. The van der Waals surface area contributed by atoms with E-state index in [1.54, 1.807) is 0 Å². The fourth-order valence-corrected chi connectivity index (χ4v) is 2.69. The third-order valence-electron chi connectivity index (χ3n) is 3.95. The van der Waals surface area contributed by atoms with E-state index in [4.69, 9.17) is 4.74 Å². The molecule has 3 rings (SSSR count). The van der Waals surface area contributed by atoms with Crippen LogP contribution in [0, 0.1) is 5.92 Å². The highest BCUT2D eigenvalue weighted by Gasteiger charge is 2.41. The lowest BCUT2D eigenvalue weighted by Gasteiger charge is -2.15. The van der Waals surface area contributed by atoms with Gasteiger partial charge in [0.25, 0.3) is 0 Å². The Labute approximate surface area is 124 Å². The highest BCUT2D eigenvalue weighted by molar-refractivity contribution is 5.97. The summed E-state index contributed by atoms with van der Waals surface area (Å²) in [6.07, 6.45) is 2.50. The van der Waals surface area contributed by atoms with Crippen molar-refractivity contribution in [2.24, 2.45) is 5.92 Å². The molecule has 1 aromatic carbocycles. The van der Waals surface area contributed by atoms with E-state index in [0.717, 1.165) is 24.3 Å². The molecule has 1 unspecified atom stereocenters. The van der Waals surface area contributed by atoms with Gasteiger partial charge in [-0.3, -0.25) is 9.59 Å². The summed E-state index contributed by atoms with van der Waals surface area (Å²) in [5.74, 6) is 0.594. The van der Waals surface area contributed by atoms with Crippen molar-refractivity contribution in [1.82, 2.24) is 4.90 Å². The van der Waals surface area contributed by atoms with Crippen LogP contribution in [0.4, 0.5) is 5.69 Å². The largest absolute Gasteiger partial charge is 0.494 e. The lowest BCUT2D eigenvalue weighted by Crippen LogP contribution is -2.29. The number of amides is 2. The van der Waals surface area contributed by atoms with Crippen LogP contribution in [0.5, 0.6) is 5.75 Å². The molecule has 21 heavy (non-hydrogen) atoms. The SMILES string of the molecule is CCOc1ccc(NC(=O)C2CC(=O)N(C3CC3)C2)cc1. The number of carbonyl (C=O) groups is 2. The molecule has 1 atom stereocenters. The van der Waals surface area contributed by atoms with Crippen LogP contribution in [-0.2, 0) is 9.59 Å². The van der Waals surface area contributed by atoms with Crippen LogP contribution < -0.4 is 10.1 Å². The minimum Gasteiger partial charge on any atom is -0.494 e. The molecular formula is C16H20N2O3. The smallest absolute Gasteiger partial charge is 0.229 e. The van der Waals surface area contributed by atoms with Crippen LogP contribution in [-0.4, -0.2) is 35.9 Å². The van der Waals surface area contributed by atoms with Crippen molar-refractivity contribution in [2.75, 3.05) is 18.5 Å². The van der Waals surface area contributed by atoms with E-state index < -0.39 is 0 Å². The van der Waals surface area contributed by atoms with Gasteiger partial charge in [-0.25, -0.2) is 0 Å². The number of hydrogen-bond donors (Lipinski definition) is 1. The normalized spacial score (nSPS) is 21.5. The minimum absolute atomic E-state index is 0.0735. The zero-order chi connectivity index (χ0) is 14.8. The van der Waals surface area contributed by atoms with E-state index in [2.05, 4.69) is 5.32 Å². The molecule has 2 amide bonds. The Morgan fingerprint density at radius 3 is 2.67 bits per heavy atom. The quantitative estimate of drug-likeness (QED) is 0.902. The van der Waals surface area contributed by atoms with Gasteiger partial charge < -0.3 is 15.0 Å². The number of anilines is 1. The number of benzene rings is 1. The minimum atomic E-state index is -0.232. The van der Waals surface area contributed by atoms with Crippen molar-refractivity contribution in [2.45, 2.75) is 32.2 Å². The summed E-state index contributed by atoms with van der Waals surface area (Å²) in [5.41, 5.74) is 0.737. The average molecular weight is 288 g/mol. The third kappa shape index (κ3) is 3.17. The van der Waals surface area contributed by atoms with Crippen molar-refractivity contribution >= 4 is 17.5 Å². The first-order chi connectivity index (χ1) is 10.2. The van der Waals surface area contributed by atoms with Crippen LogP contribution in [0.25, 0.3) is 0 Å². The summed E-state index contributed by atoms with van der Waals surface area (Å²) in [6, 6.07) is 7.68. The van der Waals surface area contributed by atoms with Gasteiger partial charge in [0, 0.05) is 24.7 Å². The topological polar surface area (TPSA) is 58.6 Å². The van der Waals surface area contributed by atoms with Gasteiger partial charge in [0.05, 0.1) is 12.5 Å². The van der Waals surface area contributed by atoms with Crippen molar-refractivity contribution in [3.63, 3.8) is 0 Å². The van der Waals surface area contributed by atoms with E-state index in [1.165, 1.54) is 0 Å². The number of carbonyl (C=O) groups excluding carboxylic acids is 2. The molecule has 0 spiro atoms. The number of hydrogen-bond acceptors (Lipinski definition) is 3. The lowest BCUT2D eigenvalue weighted by molar-refractivity contribution is -0.128. The second kappa shape index (κ2) is 5.76. The summed E-state index contributed by atoms with van der Waals surface area (Å²) in [4.78, 5) is 26.0. The first-order valence-corrected chi connectivity index (χ1v) is 7.50. The van der Waals surface area contributed by atoms with E-state index in [0.29, 0.717) is 25.6 Å². The zero-order valence-electron chi connectivity index (χ0n) is 12.2. The van der Waals surface area contributed by atoms with E-state index in [1.807, 2.05) is 36.1 Å². The number of likely N-dealkylation sites (tertiary alicyclic amines) is 1. The molecule has 5 nitrogen and oxygen atoms in total. The van der Waals surface area contributed by atoms with Crippen molar-refractivity contribution in [3.05, 3.63) is 24.3 Å². The van der Waals surface area contributed by atoms with Crippen LogP contribution in [0.2, 0.25) is 0 Å². The van der Waals surface area contributed by atoms with Gasteiger partial charge in [0.2, 0.25) is 11.8 Å². The number of nitrogens with one attached hydrogen (secondary N) is 1. The molecule has 1 saturated carbocycles. The highest BCUT2D eigenvalue weighted by atomic mass is 16.5. The van der Waals surface area contributed by atoms with Crippen molar-refractivity contribution in [1.29, 1.82) is 0 Å². The van der Waals surface area contributed by atoms with Gasteiger partial charge in [0.15, 0.2) is 0 Å². The van der Waals surface area contributed by atoms with Crippen LogP contribution in [0.1, 0.15) is 26.2 Å².